The number of carboxylic acids is 1. The third-order valence-corrected chi connectivity index (χ3v) is 4.35. The smallest absolute Gasteiger partial charge is 0.327 e. The summed E-state index contributed by atoms with van der Waals surface area (Å²) >= 11 is 6.98. The van der Waals surface area contributed by atoms with Crippen LogP contribution in [0.5, 0.6) is 0 Å². The first-order chi connectivity index (χ1) is 8.34. The van der Waals surface area contributed by atoms with E-state index >= 15 is 0 Å². The number of halogens is 1. The van der Waals surface area contributed by atoms with E-state index in [4.69, 9.17) is 16.7 Å². The van der Waals surface area contributed by atoms with Crippen LogP contribution in [-0.4, -0.2) is 50.7 Å². The summed E-state index contributed by atoms with van der Waals surface area (Å²) in [5.41, 5.74) is 0. The van der Waals surface area contributed by atoms with Crippen molar-refractivity contribution in [3.05, 3.63) is 0 Å². The Kier molecular flexibility index (Phi) is 5.47. The molecule has 1 aliphatic heterocycles. The SMILES string of the molecule is CC(=O)SCC(C)C(=O)N1CC[C@@H](Cl)[C@H]1C(=O)O. The van der Waals surface area contributed by atoms with E-state index in [-0.39, 0.29) is 16.9 Å². The number of nitrogens with zero attached hydrogens (tertiary/aromatic N) is 1. The highest BCUT2D eigenvalue weighted by molar-refractivity contribution is 8.13. The Morgan fingerprint density at radius 1 is 1.50 bits per heavy atom. The molecular formula is C11H16ClNO4S. The van der Waals surface area contributed by atoms with E-state index < -0.39 is 17.4 Å². The van der Waals surface area contributed by atoms with Crippen molar-refractivity contribution < 1.29 is 19.5 Å². The first-order valence-corrected chi connectivity index (χ1v) is 7.07. The number of thioether (sulfide) groups is 1. The van der Waals surface area contributed by atoms with Crippen molar-refractivity contribution in [3.63, 3.8) is 0 Å². The van der Waals surface area contributed by atoms with E-state index in [9.17, 15) is 14.4 Å². The van der Waals surface area contributed by atoms with Gasteiger partial charge >= 0.3 is 5.97 Å². The summed E-state index contributed by atoms with van der Waals surface area (Å²) in [6.07, 6.45) is 0.483. The summed E-state index contributed by atoms with van der Waals surface area (Å²) in [6.45, 7) is 3.49. The minimum absolute atomic E-state index is 0.0546. The van der Waals surface area contributed by atoms with Gasteiger partial charge in [0.25, 0.3) is 0 Å². The maximum absolute atomic E-state index is 12.1. The van der Waals surface area contributed by atoms with Gasteiger partial charge in [-0.15, -0.1) is 11.6 Å². The summed E-state index contributed by atoms with van der Waals surface area (Å²) in [5, 5.41) is 8.47. The molecule has 0 saturated carbocycles. The number of likely N-dealkylation sites (tertiary alicyclic amines) is 1. The largest absolute Gasteiger partial charge is 0.480 e. The van der Waals surface area contributed by atoms with Gasteiger partial charge in [-0.05, 0) is 6.42 Å². The number of hydrogen-bond acceptors (Lipinski definition) is 4. The summed E-state index contributed by atoms with van der Waals surface area (Å²) in [4.78, 5) is 35.3. The Hall–Kier alpha value is -0.750. The fourth-order valence-corrected chi connectivity index (χ4v) is 2.86. The molecule has 1 aliphatic rings. The van der Waals surface area contributed by atoms with E-state index in [1.165, 1.54) is 11.8 Å². The van der Waals surface area contributed by atoms with Gasteiger partial charge in [-0.3, -0.25) is 9.59 Å². The van der Waals surface area contributed by atoms with E-state index in [0.29, 0.717) is 18.7 Å². The molecule has 1 rings (SSSR count). The fraction of sp³-hybridized carbons (Fsp3) is 0.727. The van der Waals surface area contributed by atoms with Crippen LogP contribution < -0.4 is 0 Å². The first-order valence-electron chi connectivity index (χ1n) is 5.65. The van der Waals surface area contributed by atoms with E-state index in [2.05, 4.69) is 0 Å². The van der Waals surface area contributed by atoms with Crippen LogP contribution in [0.4, 0.5) is 0 Å². The molecule has 1 N–H and O–H groups in total. The molecular weight excluding hydrogens is 278 g/mol. The van der Waals surface area contributed by atoms with Gasteiger partial charge in [-0.25, -0.2) is 4.79 Å². The van der Waals surface area contributed by atoms with Gasteiger partial charge in [0.1, 0.15) is 6.04 Å². The molecule has 5 nitrogen and oxygen atoms in total. The van der Waals surface area contributed by atoms with Gasteiger partial charge in [0, 0.05) is 25.1 Å². The van der Waals surface area contributed by atoms with Gasteiger partial charge in [-0.2, -0.15) is 0 Å². The molecule has 1 amide bonds. The molecule has 1 saturated heterocycles. The molecule has 0 radical (unpaired) electrons. The standard InChI is InChI=1S/C11H16ClNO4S/c1-6(5-18-7(2)14)10(15)13-4-3-8(12)9(13)11(16)17/h6,8-9H,3-5H2,1-2H3,(H,16,17)/t6?,8-,9+/m1/s1. The van der Waals surface area contributed by atoms with Crippen molar-refractivity contribution in [2.45, 2.75) is 31.7 Å². The van der Waals surface area contributed by atoms with Gasteiger partial charge in [0.15, 0.2) is 5.12 Å². The monoisotopic (exact) mass is 293 g/mol. The second kappa shape index (κ2) is 6.43. The Balaban J connectivity index is 2.65. The van der Waals surface area contributed by atoms with Gasteiger partial charge < -0.3 is 10.0 Å². The normalized spacial score (nSPS) is 24.9. The highest BCUT2D eigenvalue weighted by Gasteiger charge is 2.42. The quantitative estimate of drug-likeness (QED) is 0.788. The molecule has 0 bridgehead atoms. The van der Waals surface area contributed by atoms with Crippen molar-refractivity contribution in [2.75, 3.05) is 12.3 Å². The van der Waals surface area contributed by atoms with Crippen LogP contribution in [-0.2, 0) is 14.4 Å². The zero-order chi connectivity index (χ0) is 13.9. The molecule has 18 heavy (non-hydrogen) atoms. The number of carbonyl (C=O) groups is 3. The second-order valence-corrected chi connectivity index (χ2v) is 6.08. The van der Waals surface area contributed by atoms with Crippen molar-refractivity contribution in [1.82, 2.24) is 4.90 Å². The second-order valence-electron chi connectivity index (χ2n) is 4.32. The molecule has 0 aromatic rings. The molecule has 7 heteroatoms. The number of alkyl halides is 1. The van der Waals surface area contributed by atoms with Crippen LogP contribution in [0, 0.1) is 5.92 Å². The molecule has 1 unspecified atom stereocenters. The zero-order valence-electron chi connectivity index (χ0n) is 10.3. The van der Waals surface area contributed by atoms with Crippen molar-refractivity contribution in [1.29, 1.82) is 0 Å². The lowest BCUT2D eigenvalue weighted by molar-refractivity contribution is -0.149. The molecule has 1 fully saturated rings. The lowest BCUT2D eigenvalue weighted by Crippen LogP contribution is -2.46. The van der Waals surface area contributed by atoms with Crippen LogP contribution >= 0.6 is 23.4 Å². The van der Waals surface area contributed by atoms with Crippen LogP contribution in [0.25, 0.3) is 0 Å². The molecule has 0 aromatic carbocycles. The number of hydrogen-bond donors (Lipinski definition) is 1. The van der Waals surface area contributed by atoms with E-state index in [1.54, 1.807) is 6.92 Å². The lowest BCUT2D eigenvalue weighted by Gasteiger charge is -2.25. The summed E-state index contributed by atoms with van der Waals surface area (Å²) < 4.78 is 0. The van der Waals surface area contributed by atoms with Gasteiger partial charge in [-0.1, -0.05) is 18.7 Å². The molecule has 102 valence electrons. The van der Waals surface area contributed by atoms with Crippen LogP contribution in [0.15, 0.2) is 0 Å². The maximum atomic E-state index is 12.1. The molecule has 1 heterocycles. The van der Waals surface area contributed by atoms with Crippen molar-refractivity contribution >= 4 is 40.4 Å². The topological polar surface area (TPSA) is 74.7 Å². The third-order valence-electron chi connectivity index (χ3n) is 2.82. The summed E-state index contributed by atoms with van der Waals surface area (Å²) in [6, 6.07) is -0.955. The van der Waals surface area contributed by atoms with Gasteiger partial charge in [0.05, 0.1) is 5.38 Å². The third kappa shape index (κ3) is 3.62. The molecule has 0 aliphatic carbocycles. The highest BCUT2D eigenvalue weighted by atomic mass is 35.5. The van der Waals surface area contributed by atoms with Crippen molar-refractivity contribution in [3.8, 4) is 0 Å². The Morgan fingerprint density at radius 3 is 2.61 bits per heavy atom. The summed E-state index contributed by atoms with van der Waals surface area (Å²) in [7, 11) is 0. The number of amides is 1. The number of carbonyl (C=O) groups excluding carboxylic acids is 2. The number of aliphatic carboxylic acids is 1. The van der Waals surface area contributed by atoms with Gasteiger partial charge in [0.2, 0.25) is 5.91 Å². The molecule has 0 aromatic heterocycles. The molecule has 0 spiro atoms. The van der Waals surface area contributed by atoms with Crippen LogP contribution in [0.2, 0.25) is 0 Å². The average Bonchev–Trinajstić information content (AvgIpc) is 2.66. The Morgan fingerprint density at radius 2 is 2.11 bits per heavy atom. The minimum atomic E-state index is -1.08. The number of carboxylic acid groups (broad SMARTS) is 1. The van der Waals surface area contributed by atoms with E-state index in [1.807, 2.05) is 0 Å². The minimum Gasteiger partial charge on any atom is -0.480 e. The number of rotatable bonds is 4. The lowest BCUT2D eigenvalue weighted by atomic mass is 10.1. The Labute approximate surface area is 115 Å². The summed E-state index contributed by atoms with van der Waals surface area (Å²) in [5.74, 6) is -1.35. The predicted molar refractivity (Wildman–Crippen MR) is 69.7 cm³/mol. The molecule has 3 atom stereocenters. The zero-order valence-corrected chi connectivity index (χ0v) is 11.8. The Bertz CT molecular complexity index is 363. The van der Waals surface area contributed by atoms with Crippen molar-refractivity contribution in [2.24, 2.45) is 5.92 Å². The van der Waals surface area contributed by atoms with Crippen LogP contribution in [0.3, 0.4) is 0 Å². The fourth-order valence-electron chi connectivity index (χ4n) is 1.89. The van der Waals surface area contributed by atoms with E-state index in [0.717, 1.165) is 11.8 Å². The van der Waals surface area contributed by atoms with Crippen LogP contribution in [0.1, 0.15) is 20.3 Å². The first kappa shape index (κ1) is 15.3. The predicted octanol–water partition coefficient (Wildman–Crippen LogP) is 1.20. The highest BCUT2D eigenvalue weighted by Crippen LogP contribution is 2.25. The maximum Gasteiger partial charge on any atom is 0.327 e. The average molecular weight is 294 g/mol.